The van der Waals surface area contributed by atoms with Gasteiger partial charge in [-0.15, -0.1) is 0 Å². The van der Waals surface area contributed by atoms with Crippen LogP contribution in [0.25, 0.3) is 0 Å². The van der Waals surface area contributed by atoms with Gasteiger partial charge in [0.15, 0.2) is 6.10 Å². The van der Waals surface area contributed by atoms with E-state index in [9.17, 15) is 14.4 Å². The molecule has 0 spiro atoms. The van der Waals surface area contributed by atoms with E-state index in [-0.39, 0.29) is 31.1 Å². The van der Waals surface area contributed by atoms with Crippen molar-refractivity contribution in [3.63, 3.8) is 0 Å². The maximum Gasteiger partial charge on any atom is 0.306 e. The Hall–Kier alpha value is -4.71. The van der Waals surface area contributed by atoms with Gasteiger partial charge in [0, 0.05) is 19.3 Å². The number of carbonyl (C=O) groups excluding carboxylic acids is 3. The molecule has 6 nitrogen and oxygen atoms in total. The average Bonchev–Trinajstić information content (AvgIpc) is 3.47. The third-order valence-corrected chi connectivity index (χ3v) is 14.1. The Balaban J connectivity index is 4.46. The fourth-order valence-electron chi connectivity index (χ4n) is 9.10. The molecule has 0 aromatic rings. The first kappa shape index (κ1) is 77.3. The van der Waals surface area contributed by atoms with E-state index in [1.165, 1.54) is 83.5 Å². The zero-order valence-electron chi connectivity index (χ0n) is 53.2. The molecule has 0 aliphatic rings. The molecule has 0 aliphatic heterocycles. The monoisotopic (exact) mass is 1130 g/mol. The predicted octanol–water partition coefficient (Wildman–Crippen LogP) is 23.5. The van der Waals surface area contributed by atoms with Gasteiger partial charge in [-0.1, -0.05) is 301 Å². The van der Waals surface area contributed by atoms with E-state index >= 15 is 0 Å². The van der Waals surface area contributed by atoms with E-state index in [1.54, 1.807) is 0 Å². The average molecular weight is 1130 g/mol. The van der Waals surface area contributed by atoms with E-state index in [4.69, 9.17) is 14.2 Å². The SMILES string of the molecule is CC/C=C\C/C=C\C/C=C\C/C=C\C/C=C\C/C=C\C/C=C\CCCCCCCC(=O)OCC(COC(=O)CCCCCCCCCCCCCCCCCC)OC(=O)CCCCCCC/C=C\C/C=C\C/C=C\C/C=C\C/C=C\CC. The molecule has 0 amide bonds. The molecule has 0 N–H and O–H groups in total. The Kier molecular flexibility index (Phi) is 64.8. The smallest absolute Gasteiger partial charge is 0.306 e. The second-order valence-corrected chi connectivity index (χ2v) is 22.0. The van der Waals surface area contributed by atoms with Crippen molar-refractivity contribution in [3.05, 3.63) is 146 Å². The van der Waals surface area contributed by atoms with Gasteiger partial charge >= 0.3 is 17.9 Å². The molecule has 0 aromatic carbocycles. The second kappa shape index (κ2) is 68.8. The summed E-state index contributed by atoms with van der Waals surface area (Å²) in [6.45, 7) is 6.40. The molecule has 6 heteroatoms. The Bertz CT molecular complexity index is 1780. The molecular weight excluding hydrogens is 1010 g/mol. The van der Waals surface area contributed by atoms with Crippen molar-refractivity contribution in [1.82, 2.24) is 0 Å². The van der Waals surface area contributed by atoms with Gasteiger partial charge in [0.25, 0.3) is 0 Å². The number of hydrogen-bond acceptors (Lipinski definition) is 6. The lowest BCUT2D eigenvalue weighted by Crippen LogP contribution is -2.30. The summed E-state index contributed by atoms with van der Waals surface area (Å²) in [7, 11) is 0. The number of rotatable bonds is 60. The number of unbranched alkanes of at least 4 members (excludes halogenated alkanes) is 25. The fourth-order valence-corrected chi connectivity index (χ4v) is 9.10. The largest absolute Gasteiger partial charge is 0.462 e. The Morgan fingerprint density at radius 2 is 0.476 bits per heavy atom. The number of esters is 3. The van der Waals surface area contributed by atoms with Crippen LogP contribution in [-0.2, 0) is 28.6 Å². The summed E-state index contributed by atoms with van der Waals surface area (Å²) in [5.74, 6) is -0.928. The van der Waals surface area contributed by atoms with Gasteiger partial charge in [0.2, 0.25) is 0 Å². The summed E-state index contributed by atoms with van der Waals surface area (Å²) in [6, 6.07) is 0. The van der Waals surface area contributed by atoms with E-state index in [0.717, 1.165) is 173 Å². The standard InChI is InChI=1S/C76H124O6/c1-4-7-10-13-16-19-22-25-28-31-33-35-36-37-38-39-40-42-43-45-48-51-54-57-60-63-66-69-75(78)81-72-73(71-80-74(77)68-65-62-59-56-53-50-47-30-27-24-21-18-15-12-9-6-3)82-76(79)70-67-64-61-58-55-52-49-46-44-41-34-32-29-26-23-20-17-14-11-8-5-2/h7-8,10-11,16-17,19-20,25-26,28-29,33-35,37-38,40-42,45-46,48-49,73H,4-6,9,12-15,18,21-24,27,30-32,36,39,43-44,47,50-72H2,1-3H3/b10-7-,11-8-,19-16-,20-17-,28-25-,29-26-,35-33-,38-37-,41-34-,42-40-,48-45-,49-46-. The molecule has 0 fully saturated rings. The summed E-state index contributed by atoms with van der Waals surface area (Å²) >= 11 is 0. The number of ether oxygens (including phenoxy) is 3. The molecule has 1 unspecified atom stereocenters. The van der Waals surface area contributed by atoms with Crippen LogP contribution in [0, 0.1) is 0 Å². The van der Waals surface area contributed by atoms with Crippen LogP contribution in [0.15, 0.2) is 146 Å². The third kappa shape index (κ3) is 66.1. The predicted molar refractivity (Wildman–Crippen MR) is 357 cm³/mol. The topological polar surface area (TPSA) is 78.9 Å². The van der Waals surface area contributed by atoms with Crippen LogP contribution >= 0.6 is 0 Å². The maximum atomic E-state index is 12.9. The maximum absolute atomic E-state index is 12.9. The highest BCUT2D eigenvalue weighted by Gasteiger charge is 2.19. The molecule has 0 saturated carbocycles. The van der Waals surface area contributed by atoms with Crippen LogP contribution in [-0.4, -0.2) is 37.2 Å². The molecule has 464 valence electrons. The summed E-state index contributed by atoms with van der Waals surface area (Å²) in [4.78, 5) is 38.4. The summed E-state index contributed by atoms with van der Waals surface area (Å²) in [5.41, 5.74) is 0. The van der Waals surface area contributed by atoms with Gasteiger partial charge in [-0.3, -0.25) is 14.4 Å². The van der Waals surface area contributed by atoms with Gasteiger partial charge in [0.1, 0.15) is 13.2 Å². The van der Waals surface area contributed by atoms with Crippen molar-refractivity contribution >= 4 is 17.9 Å². The molecule has 0 rings (SSSR count). The molecule has 0 heterocycles. The number of allylic oxidation sites excluding steroid dienone is 24. The van der Waals surface area contributed by atoms with Crippen LogP contribution in [0.4, 0.5) is 0 Å². The van der Waals surface area contributed by atoms with E-state index < -0.39 is 6.10 Å². The molecule has 0 saturated heterocycles. The Labute approximate surface area is 506 Å². The normalized spacial score (nSPS) is 13.1. The lowest BCUT2D eigenvalue weighted by Gasteiger charge is -2.18. The zero-order chi connectivity index (χ0) is 59.2. The zero-order valence-corrected chi connectivity index (χ0v) is 53.2. The van der Waals surface area contributed by atoms with Crippen LogP contribution in [0.5, 0.6) is 0 Å². The highest BCUT2D eigenvalue weighted by Crippen LogP contribution is 2.16. The van der Waals surface area contributed by atoms with Gasteiger partial charge in [-0.05, 0) is 122 Å². The first-order valence-electron chi connectivity index (χ1n) is 33.8. The van der Waals surface area contributed by atoms with Crippen molar-refractivity contribution in [2.24, 2.45) is 0 Å². The van der Waals surface area contributed by atoms with Gasteiger partial charge < -0.3 is 14.2 Å². The highest BCUT2D eigenvalue weighted by atomic mass is 16.6. The van der Waals surface area contributed by atoms with E-state index in [0.29, 0.717) is 19.3 Å². The number of carbonyl (C=O) groups is 3. The Morgan fingerprint density at radius 1 is 0.256 bits per heavy atom. The van der Waals surface area contributed by atoms with Crippen molar-refractivity contribution in [2.45, 2.75) is 303 Å². The van der Waals surface area contributed by atoms with Gasteiger partial charge in [-0.25, -0.2) is 0 Å². The van der Waals surface area contributed by atoms with E-state index in [1.807, 2.05) is 0 Å². The summed E-state index contributed by atoms with van der Waals surface area (Å²) in [5, 5.41) is 0. The van der Waals surface area contributed by atoms with E-state index in [2.05, 4.69) is 167 Å². The van der Waals surface area contributed by atoms with Gasteiger partial charge in [0.05, 0.1) is 0 Å². The lowest BCUT2D eigenvalue weighted by atomic mass is 10.0. The van der Waals surface area contributed by atoms with Crippen molar-refractivity contribution < 1.29 is 28.6 Å². The van der Waals surface area contributed by atoms with Crippen LogP contribution in [0.2, 0.25) is 0 Å². The van der Waals surface area contributed by atoms with Crippen LogP contribution in [0.3, 0.4) is 0 Å². The highest BCUT2D eigenvalue weighted by molar-refractivity contribution is 5.71. The minimum atomic E-state index is -0.804. The summed E-state index contributed by atoms with van der Waals surface area (Å²) < 4.78 is 16.9. The van der Waals surface area contributed by atoms with Crippen molar-refractivity contribution in [3.8, 4) is 0 Å². The molecular formula is C76H124O6. The fraction of sp³-hybridized carbons (Fsp3) is 0.645. The molecule has 0 bridgehead atoms. The molecule has 0 aliphatic carbocycles. The molecule has 82 heavy (non-hydrogen) atoms. The van der Waals surface area contributed by atoms with Gasteiger partial charge in [-0.2, -0.15) is 0 Å². The van der Waals surface area contributed by atoms with Crippen molar-refractivity contribution in [2.75, 3.05) is 13.2 Å². The quantitative estimate of drug-likeness (QED) is 0.0261. The first-order valence-corrected chi connectivity index (χ1v) is 33.8. The third-order valence-electron chi connectivity index (χ3n) is 14.1. The lowest BCUT2D eigenvalue weighted by molar-refractivity contribution is -0.167. The minimum absolute atomic E-state index is 0.0949. The molecule has 0 aromatic heterocycles. The minimum Gasteiger partial charge on any atom is -0.462 e. The Morgan fingerprint density at radius 3 is 0.744 bits per heavy atom. The second-order valence-electron chi connectivity index (χ2n) is 22.0. The first-order chi connectivity index (χ1) is 40.5. The molecule has 1 atom stereocenters. The molecule has 0 radical (unpaired) electrons. The van der Waals surface area contributed by atoms with Crippen molar-refractivity contribution in [1.29, 1.82) is 0 Å². The van der Waals surface area contributed by atoms with Crippen LogP contribution in [0.1, 0.15) is 297 Å². The summed E-state index contributed by atoms with van der Waals surface area (Å²) in [6.07, 6.45) is 98.5. The number of hydrogen-bond donors (Lipinski definition) is 0. The van der Waals surface area contributed by atoms with Crippen LogP contribution < -0.4 is 0 Å².